The van der Waals surface area contributed by atoms with Crippen molar-refractivity contribution in [2.75, 3.05) is 13.1 Å². The summed E-state index contributed by atoms with van der Waals surface area (Å²) in [6.45, 7) is 1.81. The first-order valence-electron chi connectivity index (χ1n) is 7.96. The van der Waals surface area contributed by atoms with Crippen LogP contribution in [-0.4, -0.2) is 41.8 Å². The second-order valence-electron chi connectivity index (χ2n) is 6.11. The maximum atomic E-state index is 12.9. The molecule has 0 saturated carbocycles. The monoisotopic (exact) mass is 304 g/mol. The lowest BCUT2D eigenvalue weighted by atomic mass is 10.1. The molecule has 1 N–H and O–H groups in total. The Bertz CT molecular complexity index is 544. The summed E-state index contributed by atoms with van der Waals surface area (Å²) in [6, 6.07) is 6.10. The molecule has 2 atom stereocenters. The van der Waals surface area contributed by atoms with Crippen LogP contribution in [0.1, 0.15) is 42.5 Å². The number of amides is 1. The maximum absolute atomic E-state index is 12.9. The molecule has 2 fully saturated rings. The van der Waals surface area contributed by atoms with Gasteiger partial charge in [0.2, 0.25) is 5.91 Å². The number of ketones is 1. The second kappa shape index (κ2) is 6.57. The number of Topliss-reactive ketones (excluding diaryl/α,β-unsaturated/α-hetero) is 1. The molecule has 2 bridgehead atoms. The van der Waals surface area contributed by atoms with E-state index in [9.17, 15) is 14.0 Å². The van der Waals surface area contributed by atoms with Crippen LogP contribution in [0.3, 0.4) is 0 Å². The van der Waals surface area contributed by atoms with Gasteiger partial charge in [-0.2, -0.15) is 0 Å². The Labute approximate surface area is 129 Å². The average Bonchev–Trinajstić information content (AvgIpc) is 2.78. The summed E-state index contributed by atoms with van der Waals surface area (Å²) in [5.41, 5.74) is 0.467. The predicted molar refractivity (Wildman–Crippen MR) is 81.1 cm³/mol. The third-order valence-corrected chi connectivity index (χ3v) is 4.67. The Morgan fingerprint density at radius 2 is 1.82 bits per heavy atom. The summed E-state index contributed by atoms with van der Waals surface area (Å²) in [5, 5.41) is 3.36. The van der Waals surface area contributed by atoms with E-state index in [1.807, 2.05) is 4.90 Å². The summed E-state index contributed by atoms with van der Waals surface area (Å²) in [7, 11) is 0. The van der Waals surface area contributed by atoms with E-state index in [4.69, 9.17) is 0 Å². The zero-order valence-electron chi connectivity index (χ0n) is 12.6. The minimum Gasteiger partial charge on any atom is -0.335 e. The van der Waals surface area contributed by atoms with E-state index in [-0.39, 0.29) is 36.4 Å². The number of nitrogens with one attached hydrogen (secondary N) is 1. The molecule has 1 aromatic carbocycles. The van der Waals surface area contributed by atoms with E-state index >= 15 is 0 Å². The third kappa shape index (κ3) is 3.19. The van der Waals surface area contributed by atoms with E-state index in [1.165, 1.54) is 24.3 Å². The lowest BCUT2D eigenvalue weighted by Gasteiger charge is -2.27. The Morgan fingerprint density at radius 3 is 2.59 bits per heavy atom. The molecule has 0 aliphatic carbocycles. The predicted octanol–water partition coefficient (Wildman–Crippen LogP) is 2.14. The van der Waals surface area contributed by atoms with Gasteiger partial charge in [-0.1, -0.05) is 0 Å². The molecule has 1 amide bonds. The van der Waals surface area contributed by atoms with Gasteiger partial charge in [-0.3, -0.25) is 9.59 Å². The largest absolute Gasteiger partial charge is 0.335 e. The Balaban J connectivity index is 1.58. The molecule has 2 saturated heterocycles. The molecule has 22 heavy (non-hydrogen) atoms. The maximum Gasteiger partial charge on any atom is 0.223 e. The highest BCUT2D eigenvalue weighted by Gasteiger charge is 2.37. The fourth-order valence-corrected chi connectivity index (χ4v) is 3.52. The van der Waals surface area contributed by atoms with Crippen LogP contribution in [0.25, 0.3) is 0 Å². The van der Waals surface area contributed by atoms with Crippen molar-refractivity contribution in [3.8, 4) is 0 Å². The topological polar surface area (TPSA) is 49.4 Å². The highest BCUT2D eigenvalue weighted by atomic mass is 19.1. The number of rotatable bonds is 4. The van der Waals surface area contributed by atoms with Crippen molar-refractivity contribution in [2.24, 2.45) is 0 Å². The van der Waals surface area contributed by atoms with Gasteiger partial charge in [0, 0.05) is 37.0 Å². The lowest BCUT2D eigenvalue weighted by Crippen LogP contribution is -2.42. The first-order chi connectivity index (χ1) is 10.6. The average molecular weight is 304 g/mol. The summed E-state index contributed by atoms with van der Waals surface area (Å²) in [5.74, 6) is -0.387. The summed E-state index contributed by atoms with van der Waals surface area (Å²) >= 11 is 0. The number of hydrogen-bond donors (Lipinski definition) is 1. The van der Waals surface area contributed by atoms with Gasteiger partial charge >= 0.3 is 0 Å². The first kappa shape index (κ1) is 15.2. The molecule has 1 aromatic rings. The highest BCUT2D eigenvalue weighted by Crippen LogP contribution is 2.28. The Kier molecular flexibility index (Phi) is 4.52. The van der Waals surface area contributed by atoms with Crippen LogP contribution in [0.5, 0.6) is 0 Å². The molecule has 2 aliphatic heterocycles. The smallest absolute Gasteiger partial charge is 0.223 e. The molecule has 2 heterocycles. The van der Waals surface area contributed by atoms with E-state index in [2.05, 4.69) is 5.32 Å². The fourth-order valence-electron chi connectivity index (χ4n) is 3.52. The Hall–Kier alpha value is -1.75. The molecule has 5 heteroatoms. The molecule has 4 nitrogen and oxygen atoms in total. The van der Waals surface area contributed by atoms with Crippen LogP contribution in [0.15, 0.2) is 24.3 Å². The molecule has 2 aliphatic rings. The van der Waals surface area contributed by atoms with Crippen molar-refractivity contribution in [1.29, 1.82) is 0 Å². The quantitative estimate of drug-likeness (QED) is 0.867. The molecule has 118 valence electrons. The van der Waals surface area contributed by atoms with Gasteiger partial charge in [0.05, 0.1) is 0 Å². The van der Waals surface area contributed by atoms with Crippen molar-refractivity contribution < 1.29 is 14.0 Å². The van der Waals surface area contributed by atoms with Gasteiger partial charge in [0.1, 0.15) is 5.82 Å². The lowest BCUT2D eigenvalue weighted by molar-refractivity contribution is -0.133. The standard InChI is InChI=1S/C17H21FN2O2/c18-13-3-1-12(2-4-13)16(21)7-8-17(22)20-14-5-6-15(20)11-19-10-9-14/h1-4,14-15,19H,5-11H2. The van der Waals surface area contributed by atoms with Crippen LogP contribution in [0.4, 0.5) is 4.39 Å². The number of carbonyl (C=O) groups is 2. The molecule has 0 radical (unpaired) electrons. The minimum atomic E-state index is -0.360. The number of nitrogens with zero attached hydrogens (tertiary/aromatic N) is 1. The SMILES string of the molecule is O=C(CCC(=O)N1C2CCNCC1CC2)c1ccc(F)cc1. The summed E-state index contributed by atoms with van der Waals surface area (Å²) < 4.78 is 12.9. The highest BCUT2D eigenvalue weighted by molar-refractivity contribution is 5.98. The number of fused-ring (bicyclic) bond motifs is 2. The third-order valence-electron chi connectivity index (χ3n) is 4.67. The molecule has 2 unspecified atom stereocenters. The van der Waals surface area contributed by atoms with Crippen molar-refractivity contribution in [3.05, 3.63) is 35.6 Å². The van der Waals surface area contributed by atoms with Crippen LogP contribution in [0, 0.1) is 5.82 Å². The molecular formula is C17H21FN2O2. The van der Waals surface area contributed by atoms with Crippen molar-refractivity contribution >= 4 is 11.7 Å². The fraction of sp³-hybridized carbons (Fsp3) is 0.529. The van der Waals surface area contributed by atoms with Gasteiger partial charge in [0.25, 0.3) is 0 Å². The van der Waals surface area contributed by atoms with Crippen LogP contribution < -0.4 is 5.32 Å². The van der Waals surface area contributed by atoms with E-state index in [1.54, 1.807) is 0 Å². The van der Waals surface area contributed by atoms with Gasteiger partial charge < -0.3 is 10.2 Å². The summed E-state index contributed by atoms with van der Waals surface area (Å²) in [4.78, 5) is 26.6. The number of carbonyl (C=O) groups excluding carboxylic acids is 2. The number of hydrogen-bond acceptors (Lipinski definition) is 3. The van der Waals surface area contributed by atoms with Crippen LogP contribution in [0.2, 0.25) is 0 Å². The molecular weight excluding hydrogens is 283 g/mol. The second-order valence-corrected chi connectivity index (χ2v) is 6.11. The molecule has 0 spiro atoms. The molecule has 0 aromatic heterocycles. The Morgan fingerprint density at radius 1 is 1.09 bits per heavy atom. The zero-order valence-corrected chi connectivity index (χ0v) is 12.6. The van der Waals surface area contributed by atoms with E-state index < -0.39 is 0 Å². The van der Waals surface area contributed by atoms with Gasteiger partial charge in [-0.05, 0) is 50.1 Å². The van der Waals surface area contributed by atoms with Crippen molar-refractivity contribution in [1.82, 2.24) is 10.2 Å². The van der Waals surface area contributed by atoms with E-state index in [0.29, 0.717) is 11.6 Å². The van der Waals surface area contributed by atoms with Crippen LogP contribution in [-0.2, 0) is 4.79 Å². The number of benzene rings is 1. The normalized spacial score (nSPS) is 24.1. The summed E-state index contributed by atoms with van der Waals surface area (Å²) in [6.07, 6.45) is 3.55. The van der Waals surface area contributed by atoms with Gasteiger partial charge in [-0.25, -0.2) is 4.39 Å². The van der Waals surface area contributed by atoms with Gasteiger partial charge in [0.15, 0.2) is 5.78 Å². The number of halogens is 1. The van der Waals surface area contributed by atoms with Gasteiger partial charge in [-0.15, -0.1) is 0 Å². The first-order valence-corrected chi connectivity index (χ1v) is 7.96. The zero-order chi connectivity index (χ0) is 15.5. The molecule has 3 rings (SSSR count). The van der Waals surface area contributed by atoms with Crippen LogP contribution >= 0.6 is 0 Å². The van der Waals surface area contributed by atoms with Crippen molar-refractivity contribution in [3.63, 3.8) is 0 Å². The van der Waals surface area contributed by atoms with E-state index in [0.717, 1.165) is 32.4 Å². The minimum absolute atomic E-state index is 0.0756. The van der Waals surface area contributed by atoms with Crippen molar-refractivity contribution in [2.45, 2.75) is 44.2 Å².